The van der Waals surface area contributed by atoms with Crippen molar-refractivity contribution < 1.29 is 23.7 Å². The number of rotatable bonds is 6. The highest BCUT2D eigenvalue weighted by Crippen LogP contribution is 2.39. The summed E-state index contributed by atoms with van der Waals surface area (Å²) in [6.07, 6.45) is 2.44. The predicted octanol–water partition coefficient (Wildman–Crippen LogP) is 2.53. The zero-order valence-electron chi connectivity index (χ0n) is 10.3. The first kappa shape index (κ1) is 13.6. The van der Waals surface area contributed by atoms with Crippen LogP contribution in [0, 0.1) is 0 Å². The number of ether oxygens (including phenoxy) is 4. The number of benzene rings is 1. The highest BCUT2D eigenvalue weighted by molar-refractivity contribution is 5.91. The molecule has 0 saturated carbocycles. The third-order valence-corrected chi connectivity index (χ3v) is 2.07. The normalized spacial score (nSPS) is 9.22. The molecule has 0 amide bonds. The number of hydrogen-bond donors (Lipinski definition) is 0. The van der Waals surface area contributed by atoms with Crippen molar-refractivity contribution in [3.05, 3.63) is 43.4 Å². The fourth-order valence-electron chi connectivity index (χ4n) is 1.37. The summed E-state index contributed by atoms with van der Waals surface area (Å²) < 4.78 is 20.1. The van der Waals surface area contributed by atoms with E-state index >= 15 is 0 Å². The number of hydrogen-bond acceptors (Lipinski definition) is 5. The van der Waals surface area contributed by atoms with Gasteiger partial charge in [-0.05, 0) is 12.1 Å². The van der Waals surface area contributed by atoms with Gasteiger partial charge in [0.05, 0.1) is 32.3 Å². The Balaban J connectivity index is 3.36. The van der Waals surface area contributed by atoms with Gasteiger partial charge in [0.1, 0.15) is 0 Å². The Morgan fingerprint density at radius 3 is 1.94 bits per heavy atom. The summed E-state index contributed by atoms with van der Waals surface area (Å²) in [4.78, 5) is 11.5. The van der Waals surface area contributed by atoms with Crippen molar-refractivity contribution in [1.29, 1.82) is 0 Å². The summed E-state index contributed by atoms with van der Waals surface area (Å²) in [7, 11) is 2.74. The molecule has 0 aromatic heterocycles. The van der Waals surface area contributed by atoms with Crippen molar-refractivity contribution >= 4 is 5.97 Å². The summed E-state index contributed by atoms with van der Waals surface area (Å²) in [6, 6.07) is 2.95. The van der Waals surface area contributed by atoms with Crippen molar-refractivity contribution in [3.63, 3.8) is 0 Å². The summed E-state index contributed by atoms with van der Waals surface area (Å²) in [5.41, 5.74) is 0.270. The fraction of sp³-hybridized carbons (Fsp3) is 0.154. The lowest BCUT2D eigenvalue weighted by Crippen LogP contribution is -2.03. The molecule has 0 bridgehead atoms. The second kappa shape index (κ2) is 6.34. The minimum absolute atomic E-state index is 0.270. The van der Waals surface area contributed by atoms with Crippen LogP contribution in [0.15, 0.2) is 37.8 Å². The highest BCUT2D eigenvalue weighted by atomic mass is 16.5. The Morgan fingerprint density at radius 1 is 1.11 bits per heavy atom. The second-order valence-corrected chi connectivity index (χ2v) is 3.07. The van der Waals surface area contributed by atoms with E-state index in [1.165, 1.54) is 38.9 Å². The lowest BCUT2D eigenvalue weighted by molar-refractivity contribution is 0.0600. The minimum Gasteiger partial charge on any atom is -0.490 e. The van der Waals surface area contributed by atoms with Crippen LogP contribution < -0.4 is 14.2 Å². The molecule has 0 radical (unpaired) electrons. The smallest absolute Gasteiger partial charge is 0.338 e. The molecule has 0 spiro atoms. The number of carbonyl (C=O) groups is 1. The summed E-state index contributed by atoms with van der Waals surface area (Å²) in [5, 5.41) is 0. The average molecular weight is 250 g/mol. The van der Waals surface area contributed by atoms with Gasteiger partial charge in [-0.2, -0.15) is 0 Å². The van der Waals surface area contributed by atoms with Crippen LogP contribution in [-0.4, -0.2) is 20.2 Å². The van der Waals surface area contributed by atoms with Crippen LogP contribution in [0.25, 0.3) is 0 Å². The largest absolute Gasteiger partial charge is 0.490 e. The molecule has 0 aliphatic carbocycles. The fourth-order valence-corrected chi connectivity index (χ4v) is 1.37. The van der Waals surface area contributed by atoms with E-state index < -0.39 is 5.97 Å². The average Bonchev–Trinajstić information content (AvgIpc) is 2.38. The first-order valence-electron chi connectivity index (χ1n) is 5.03. The molecule has 0 atom stereocenters. The van der Waals surface area contributed by atoms with Gasteiger partial charge in [0.2, 0.25) is 5.75 Å². The van der Waals surface area contributed by atoms with Crippen LogP contribution >= 0.6 is 0 Å². The SMILES string of the molecule is C=COc1cc(C(=O)OC)cc(OC=C)c1OC. The van der Waals surface area contributed by atoms with Crippen LogP contribution in [0.2, 0.25) is 0 Å². The molecule has 0 fully saturated rings. The van der Waals surface area contributed by atoms with Crippen molar-refractivity contribution in [1.82, 2.24) is 0 Å². The summed E-state index contributed by atoms with van der Waals surface area (Å²) in [5.74, 6) is 0.419. The van der Waals surface area contributed by atoms with Gasteiger partial charge in [-0.25, -0.2) is 4.79 Å². The second-order valence-electron chi connectivity index (χ2n) is 3.07. The molecule has 0 aliphatic heterocycles. The lowest BCUT2D eigenvalue weighted by atomic mass is 10.2. The maximum absolute atomic E-state index is 11.5. The van der Waals surface area contributed by atoms with E-state index in [2.05, 4.69) is 17.9 Å². The topological polar surface area (TPSA) is 54.0 Å². The summed E-state index contributed by atoms with van der Waals surface area (Å²) in [6.45, 7) is 6.89. The maximum atomic E-state index is 11.5. The third-order valence-electron chi connectivity index (χ3n) is 2.07. The van der Waals surface area contributed by atoms with Gasteiger partial charge in [-0.1, -0.05) is 13.2 Å². The Kier molecular flexibility index (Phi) is 4.80. The van der Waals surface area contributed by atoms with Crippen molar-refractivity contribution in [2.24, 2.45) is 0 Å². The van der Waals surface area contributed by atoms with Gasteiger partial charge >= 0.3 is 5.97 Å². The molecule has 5 heteroatoms. The van der Waals surface area contributed by atoms with Gasteiger partial charge in [-0.3, -0.25) is 0 Å². The standard InChI is InChI=1S/C13H14O5/c1-5-17-10-7-9(13(14)16-4)8-11(18-6-2)12(10)15-3/h5-8H,1-2H2,3-4H3. The van der Waals surface area contributed by atoms with E-state index in [0.717, 1.165) is 0 Å². The van der Waals surface area contributed by atoms with E-state index in [9.17, 15) is 4.79 Å². The Labute approximate surface area is 105 Å². The monoisotopic (exact) mass is 250 g/mol. The van der Waals surface area contributed by atoms with Crippen LogP contribution in [0.4, 0.5) is 0 Å². The van der Waals surface area contributed by atoms with E-state index in [1.54, 1.807) is 0 Å². The maximum Gasteiger partial charge on any atom is 0.338 e. The van der Waals surface area contributed by atoms with Crippen LogP contribution in [-0.2, 0) is 4.74 Å². The van der Waals surface area contributed by atoms with Crippen LogP contribution in [0.5, 0.6) is 17.2 Å². The van der Waals surface area contributed by atoms with Crippen molar-refractivity contribution in [2.45, 2.75) is 0 Å². The zero-order chi connectivity index (χ0) is 13.5. The molecule has 18 heavy (non-hydrogen) atoms. The van der Waals surface area contributed by atoms with Gasteiger partial charge < -0.3 is 18.9 Å². The van der Waals surface area contributed by atoms with E-state index in [-0.39, 0.29) is 5.56 Å². The molecule has 1 aromatic carbocycles. The quantitative estimate of drug-likeness (QED) is 0.573. The molecular formula is C13H14O5. The lowest BCUT2D eigenvalue weighted by Gasteiger charge is -2.13. The van der Waals surface area contributed by atoms with Crippen molar-refractivity contribution in [2.75, 3.05) is 14.2 Å². The molecule has 1 rings (SSSR count). The van der Waals surface area contributed by atoms with Gasteiger partial charge in [0.25, 0.3) is 0 Å². The van der Waals surface area contributed by atoms with Gasteiger partial charge in [0, 0.05) is 0 Å². The molecule has 1 aromatic rings. The molecule has 0 heterocycles. The molecular weight excluding hydrogens is 236 g/mol. The molecule has 5 nitrogen and oxygen atoms in total. The van der Waals surface area contributed by atoms with Crippen molar-refractivity contribution in [3.8, 4) is 17.2 Å². The Morgan fingerprint density at radius 2 is 1.61 bits per heavy atom. The number of carbonyl (C=O) groups excluding carboxylic acids is 1. The minimum atomic E-state index is -0.513. The van der Waals surface area contributed by atoms with Gasteiger partial charge in [0.15, 0.2) is 11.5 Å². The Hall–Kier alpha value is -2.43. The molecule has 0 N–H and O–H groups in total. The molecule has 96 valence electrons. The Bertz CT molecular complexity index is 433. The first-order valence-corrected chi connectivity index (χ1v) is 5.03. The van der Waals surface area contributed by atoms with Crippen LogP contribution in [0.3, 0.4) is 0 Å². The van der Waals surface area contributed by atoms with E-state index in [0.29, 0.717) is 17.2 Å². The molecule has 0 unspecified atom stereocenters. The number of esters is 1. The number of methoxy groups -OCH3 is 2. The van der Waals surface area contributed by atoms with E-state index in [1.807, 2.05) is 0 Å². The molecule has 0 saturated heterocycles. The zero-order valence-corrected chi connectivity index (χ0v) is 10.3. The highest BCUT2D eigenvalue weighted by Gasteiger charge is 2.17. The first-order chi connectivity index (χ1) is 8.67. The van der Waals surface area contributed by atoms with Crippen LogP contribution in [0.1, 0.15) is 10.4 Å². The van der Waals surface area contributed by atoms with E-state index in [4.69, 9.17) is 14.2 Å². The summed E-state index contributed by atoms with van der Waals surface area (Å²) >= 11 is 0. The molecule has 0 aliphatic rings. The third kappa shape index (κ3) is 2.82. The van der Waals surface area contributed by atoms with Gasteiger partial charge in [-0.15, -0.1) is 0 Å². The predicted molar refractivity (Wildman–Crippen MR) is 66.0 cm³/mol.